The Kier molecular flexibility index (Phi) is 10.7. The minimum atomic E-state index is -1.08. The molecule has 0 aromatic rings. The Morgan fingerprint density at radius 3 is 2.85 bits per heavy atom. The van der Waals surface area contributed by atoms with Gasteiger partial charge in [-0.05, 0) is 43.8 Å². The molecule has 1 unspecified atom stereocenters. The van der Waals surface area contributed by atoms with Crippen molar-refractivity contribution in [3.05, 3.63) is 12.2 Å². The summed E-state index contributed by atoms with van der Waals surface area (Å²) in [5, 5.41) is 19.0. The van der Waals surface area contributed by atoms with E-state index < -0.39 is 11.6 Å². The number of carbonyl (C=O) groups is 2. The molecule has 0 radical (unpaired) electrons. The molecule has 0 aromatic heterocycles. The van der Waals surface area contributed by atoms with Crippen LogP contribution in [0.4, 0.5) is 0 Å². The van der Waals surface area contributed by atoms with Crippen molar-refractivity contribution in [2.45, 2.75) is 70.3 Å². The van der Waals surface area contributed by atoms with E-state index in [2.05, 4.69) is 18.9 Å². The minimum absolute atomic E-state index is 0.0605. The normalized spacial score (nSPS) is 22.4. The minimum Gasteiger partial charge on any atom is -0.481 e. The number of allylic oxidation sites excluding steroid dienone is 1. The Balaban J connectivity index is 2.41. The Morgan fingerprint density at radius 1 is 1.42 bits per heavy atom. The maximum absolute atomic E-state index is 12.2. The molecule has 5 heteroatoms. The number of thioether (sulfide) groups is 1. The molecule has 1 fully saturated rings. The Labute approximate surface area is 161 Å². The highest BCUT2D eigenvalue weighted by molar-refractivity contribution is 7.99. The van der Waals surface area contributed by atoms with Crippen molar-refractivity contribution in [2.24, 2.45) is 11.8 Å². The van der Waals surface area contributed by atoms with Gasteiger partial charge in [-0.25, -0.2) is 0 Å². The SMILES string of the molecule is C#CC(O)(CC=C[C@H]1CCC(=O)[C@@H]1CCCCSCC(=O)O)CCCC. The fourth-order valence-electron chi connectivity index (χ4n) is 3.41. The molecule has 1 rings (SSSR count). The summed E-state index contributed by atoms with van der Waals surface area (Å²) in [5.74, 6) is 3.32. The first-order valence-electron chi connectivity index (χ1n) is 9.61. The van der Waals surface area contributed by atoms with Gasteiger partial charge in [-0.2, -0.15) is 11.8 Å². The average molecular weight is 381 g/mol. The average Bonchev–Trinajstić information content (AvgIpc) is 2.96. The summed E-state index contributed by atoms with van der Waals surface area (Å²) in [6.45, 7) is 2.07. The van der Waals surface area contributed by atoms with Gasteiger partial charge in [0.2, 0.25) is 0 Å². The van der Waals surface area contributed by atoms with Gasteiger partial charge in [0.05, 0.1) is 5.75 Å². The lowest BCUT2D eigenvalue weighted by Crippen LogP contribution is -2.25. The van der Waals surface area contributed by atoms with Gasteiger partial charge < -0.3 is 10.2 Å². The van der Waals surface area contributed by atoms with E-state index in [9.17, 15) is 14.7 Å². The highest BCUT2D eigenvalue weighted by Crippen LogP contribution is 2.34. The van der Waals surface area contributed by atoms with Gasteiger partial charge in [0.1, 0.15) is 11.4 Å². The number of carboxylic acids is 1. The summed E-state index contributed by atoms with van der Waals surface area (Å²) >= 11 is 1.43. The maximum atomic E-state index is 12.2. The molecule has 26 heavy (non-hydrogen) atoms. The molecule has 0 amide bonds. The number of hydrogen-bond donors (Lipinski definition) is 2. The molecule has 0 aromatic carbocycles. The van der Waals surface area contributed by atoms with E-state index >= 15 is 0 Å². The molecule has 0 aliphatic heterocycles. The number of carbonyl (C=O) groups excluding carboxylic acids is 1. The number of hydrogen-bond acceptors (Lipinski definition) is 4. The molecule has 0 spiro atoms. The van der Waals surface area contributed by atoms with Crippen LogP contribution in [0.15, 0.2) is 12.2 Å². The number of aliphatic hydroxyl groups is 1. The molecule has 2 N–H and O–H groups in total. The summed E-state index contributed by atoms with van der Waals surface area (Å²) < 4.78 is 0. The van der Waals surface area contributed by atoms with Crippen molar-refractivity contribution in [1.29, 1.82) is 0 Å². The van der Waals surface area contributed by atoms with Gasteiger partial charge in [0.25, 0.3) is 0 Å². The zero-order valence-electron chi connectivity index (χ0n) is 15.8. The lowest BCUT2D eigenvalue weighted by molar-refractivity contribution is -0.133. The lowest BCUT2D eigenvalue weighted by atomic mass is 9.88. The molecule has 3 atom stereocenters. The molecule has 1 aliphatic carbocycles. The third-order valence-corrected chi connectivity index (χ3v) is 6.01. The highest BCUT2D eigenvalue weighted by atomic mass is 32.2. The Morgan fingerprint density at radius 2 is 2.19 bits per heavy atom. The molecule has 0 bridgehead atoms. The number of terminal acetylenes is 1. The number of ketones is 1. The summed E-state index contributed by atoms with van der Waals surface area (Å²) in [6, 6.07) is 0. The van der Waals surface area contributed by atoms with Crippen LogP contribution in [0.25, 0.3) is 0 Å². The quantitative estimate of drug-likeness (QED) is 0.286. The van der Waals surface area contributed by atoms with E-state index in [-0.39, 0.29) is 17.6 Å². The number of aliphatic carboxylic acids is 1. The Hall–Kier alpha value is -1.25. The Bertz CT molecular complexity index is 523. The summed E-state index contributed by atoms with van der Waals surface area (Å²) in [5.41, 5.74) is -1.08. The first-order chi connectivity index (χ1) is 12.4. The zero-order chi connectivity index (χ0) is 19.4. The molecule has 4 nitrogen and oxygen atoms in total. The standard InChI is InChI=1S/C21H32O4S/c1-3-5-13-21(25,4-2)14-8-9-17-11-12-19(22)18(17)10-6-7-15-26-16-20(23)24/h2,8-9,17-18,25H,3,5-7,10-16H2,1H3,(H,23,24)/t17-,18+,21?/m0/s1. The first kappa shape index (κ1) is 22.8. The van der Waals surface area contributed by atoms with Gasteiger partial charge in [0.15, 0.2) is 0 Å². The molecule has 146 valence electrons. The molecular weight excluding hydrogens is 348 g/mol. The molecular formula is C21H32O4S. The number of carboxylic acid groups (broad SMARTS) is 1. The van der Waals surface area contributed by atoms with Crippen LogP contribution in [0.5, 0.6) is 0 Å². The van der Waals surface area contributed by atoms with Crippen molar-refractivity contribution in [1.82, 2.24) is 0 Å². The third kappa shape index (κ3) is 8.42. The predicted molar refractivity (Wildman–Crippen MR) is 107 cm³/mol. The van der Waals surface area contributed by atoms with Gasteiger partial charge in [-0.1, -0.05) is 37.8 Å². The van der Waals surface area contributed by atoms with Crippen LogP contribution in [-0.4, -0.2) is 39.1 Å². The lowest BCUT2D eigenvalue weighted by Gasteiger charge is -2.20. The molecule has 1 saturated carbocycles. The van der Waals surface area contributed by atoms with E-state index in [0.717, 1.165) is 44.3 Å². The summed E-state index contributed by atoms with van der Waals surface area (Å²) in [4.78, 5) is 22.6. The zero-order valence-corrected chi connectivity index (χ0v) is 16.6. The third-order valence-electron chi connectivity index (χ3n) is 4.99. The van der Waals surface area contributed by atoms with Crippen LogP contribution in [0.3, 0.4) is 0 Å². The molecule has 0 saturated heterocycles. The van der Waals surface area contributed by atoms with Gasteiger partial charge >= 0.3 is 5.97 Å². The fourth-order valence-corrected chi connectivity index (χ4v) is 4.13. The second-order valence-electron chi connectivity index (χ2n) is 7.13. The highest BCUT2D eigenvalue weighted by Gasteiger charge is 2.32. The number of rotatable bonds is 13. The predicted octanol–water partition coefficient (Wildman–Crippen LogP) is 4.07. The van der Waals surface area contributed by atoms with Gasteiger partial charge in [-0.3, -0.25) is 9.59 Å². The fraction of sp³-hybridized carbons (Fsp3) is 0.714. The van der Waals surface area contributed by atoms with Crippen molar-refractivity contribution in [3.63, 3.8) is 0 Å². The van der Waals surface area contributed by atoms with Crippen LogP contribution in [0, 0.1) is 24.2 Å². The number of unbranched alkanes of at least 4 members (excludes halogenated alkanes) is 2. The maximum Gasteiger partial charge on any atom is 0.313 e. The largest absolute Gasteiger partial charge is 0.481 e. The topological polar surface area (TPSA) is 74.6 Å². The van der Waals surface area contributed by atoms with Crippen molar-refractivity contribution in [2.75, 3.05) is 11.5 Å². The van der Waals surface area contributed by atoms with Crippen LogP contribution in [0.2, 0.25) is 0 Å². The van der Waals surface area contributed by atoms with E-state index in [1.165, 1.54) is 11.8 Å². The van der Waals surface area contributed by atoms with Gasteiger partial charge in [-0.15, -0.1) is 6.42 Å². The van der Waals surface area contributed by atoms with E-state index in [0.29, 0.717) is 25.0 Å². The first-order valence-corrected chi connectivity index (χ1v) is 10.8. The van der Waals surface area contributed by atoms with Crippen molar-refractivity contribution in [3.8, 4) is 12.3 Å². The van der Waals surface area contributed by atoms with Crippen LogP contribution < -0.4 is 0 Å². The smallest absolute Gasteiger partial charge is 0.313 e. The number of Topliss-reactive ketones (excluding diaryl/α,β-unsaturated/α-hetero) is 1. The van der Waals surface area contributed by atoms with Crippen molar-refractivity contribution >= 4 is 23.5 Å². The second-order valence-corrected chi connectivity index (χ2v) is 8.23. The van der Waals surface area contributed by atoms with E-state index in [1.54, 1.807) is 0 Å². The monoisotopic (exact) mass is 380 g/mol. The molecule has 0 heterocycles. The van der Waals surface area contributed by atoms with Crippen LogP contribution >= 0.6 is 11.8 Å². The second kappa shape index (κ2) is 12.2. The van der Waals surface area contributed by atoms with Crippen molar-refractivity contribution < 1.29 is 19.8 Å². The van der Waals surface area contributed by atoms with Crippen LogP contribution in [0.1, 0.15) is 64.7 Å². The van der Waals surface area contributed by atoms with Crippen LogP contribution in [-0.2, 0) is 9.59 Å². The molecule has 1 aliphatic rings. The van der Waals surface area contributed by atoms with E-state index in [4.69, 9.17) is 11.5 Å². The van der Waals surface area contributed by atoms with E-state index in [1.807, 2.05) is 6.08 Å². The van der Waals surface area contributed by atoms with Gasteiger partial charge in [0, 0.05) is 18.8 Å². The summed E-state index contributed by atoms with van der Waals surface area (Å²) in [6.07, 6.45) is 16.7. The summed E-state index contributed by atoms with van der Waals surface area (Å²) in [7, 11) is 0.